The molecule has 174 valence electrons. The van der Waals surface area contributed by atoms with Crippen molar-refractivity contribution < 1.29 is 18.1 Å². The summed E-state index contributed by atoms with van der Waals surface area (Å²) in [6.45, 7) is 5.29. The number of piperidine rings is 1. The molecule has 10 heteroatoms. The van der Waals surface area contributed by atoms with Gasteiger partial charge in [-0.2, -0.15) is 13.2 Å². The van der Waals surface area contributed by atoms with Crippen molar-refractivity contribution in [3.8, 4) is 0 Å². The number of halogens is 3. The van der Waals surface area contributed by atoms with Gasteiger partial charge in [-0.15, -0.1) is 0 Å². The molecule has 33 heavy (non-hydrogen) atoms. The number of nitrogens with zero attached hydrogens (tertiary/aromatic N) is 3. The van der Waals surface area contributed by atoms with E-state index in [9.17, 15) is 23.3 Å². The van der Waals surface area contributed by atoms with Gasteiger partial charge in [-0.3, -0.25) is 10.1 Å². The Balaban J connectivity index is 1.72. The van der Waals surface area contributed by atoms with Crippen LogP contribution >= 0.6 is 0 Å². The number of hydrogen-bond donors (Lipinski definition) is 2. The average molecular weight is 459 g/mol. The van der Waals surface area contributed by atoms with Crippen LogP contribution in [0.3, 0.4) is 0 Å². The lowest BCUT2D eigenvalue weighted by atomic mass is 9.89. The smallest absolute Gasteiger partial charge is 0.363 e. The molecule has 4 rings (SSSR count). The van der Waals surface area contributed by atoms with Crippen LogP contribution in [-0.2, 0) is 6.18 Å². The average Bonchev–Trinajstić information content (AvgIpc) is 2.78. The summed E-state index contributed by atoms with van der Waals surface area (Å²) in [5.74, 6) is 1.41. The van der Waals surface area contributed by atoms with Crippen LogP contribution in [0.4, 0.5) is 24.7 Å². The maximum absolute atomic E-state index is 13.3. The number of alkyl halides is 3. The fourth-order valence-electron chi connectivity index (χ4n) is 4.22. The van der Waals surface area contributed by atoms with E-state index in [0.29, 0.717) is 23.6 Å². The first-order valence-electron chi connectivity index (χ1n) is 10.7. The molecule has 1 saturated heterocycles. The second-order valence-corrected chi connectivity index (χ2v) is 8.35. The summed E-state index contributed by atoms with van der Waals surface area (Å²) in [7, 11) is 0. The topological polar surface area (TPSA) is 93.0 Å². The van der Waals surface area contributed by atoms with Crippen molar-refractivity contribution in [2.75, 3.05) is 18.4 Å². The van der Waals surface area contributed by atoms with Gasteiger partial charge in [0.05, 0.1) is 22.0 Å². The highest BCUT2D eigenvalue weighted by Crippen LogP contribution is 2.36. The van der Waals surface area contributed by atoms with Gasteiger partial charge >= 0.3 is 6.18 Å². The zero-order valence-electron chi connectivity index (χ0n) is 18.2. The van der Waals surface area contributed by atoms with Gasteiger partial charge in [-0.25, -0.2) is 9.97 Å². The Morgan fingerprint density at radius 2 is 1.88 bits per heavy atom. The van der Waals surface area contributed by atoms with E-state index in [-0.39, 0.29) is 5.56 Å². The van der Waals surface area contributed by atoms with Crippen molar-refractivity contribution in [1.82, 2.24) is 15.3 Å². The highest BCUT2D eigenvalue weighted by Gasteiger charge is 2.33. The van der Waals surface area contributed by atoms with Gasteiger partial charge in [-0.1, -0.05) is 6.07 Å². The number of rotatable bonds is 5. The molecule has 0 saturated carbocycles. The summed E-state index contributed by atoms with van der Waals surface area (Å²) in [6, 6.07) is 8.01. The number of benzene rings is 2. The first-order valence-corrected chi connectivity index (χ1v) is 10.7. The van der Waals surface area contributed by atoms with Crippen LogP contribution in [0.5, 0.6) is 0 Å². The van der Waals surface area contributed by atoms with Crippen LogP contribution in [-0.4, -0.2) is 28.0 Å². The van der Waals surface area contributed by atoms with E-state index >= 15 is 0 Å². The summed E-state index contributed by atoms with van der Waals surface area (Å²) < 4.78 is 39.9. The Bertz CT molecular complexity index is 1190. The van der Waals surface area contributed by atoms with Gasteiger partial charge < -0.3 is 10.6 Å². The molecule has 2 N–H and O–H groups in total. The monoisotopic (exact) mass is 459 g/mol. The molecule has 0 radical (unpaired) electrons. The van der Waals surface area contributed by atoms with Crippen molar-refractivity contribution in [2.24, 2.45) is 0 Å². The maximum Gasteiger partial charge on any atom is 0.416 e. The minimum Gasteiger partial charge on any atom is -0.363 e. The molecule has 7 nitrogen and oxygen atoms in total. The molecule has 0 bridgehead atoms. The van der Waals surface area contributed by atoms with Gasteiger partial charge in [-0.05, 0) is 75.0 Å². The number of nitro groups is 1. The van der Waals surface area contributed by atoms with Crippen molar-refractivity contribution in [3.63, 3.8) is 0 Å². The van der Waals surface area contributed by atoms with Crippen LogP contribution in [0.15, 0.2) is 36.4 Å². The summed E-state index contributed by atoms with van der Waals surface area (Å²) in [4.78, 5) is 19.4. The second kappa shape index (κ2) is 8.93. The van der Waals surface area contributed by atoms with Gasteiger partial charge in [0.25, 0.3) is 5.69 Å². The minimum absolute atomic E-state index is 0.149. The third-order valence-corrected chi connectivity index (χ3v) is 5.97. The number of aryl methyl sites for hydroxylation is 1. The first-order chi connectivity index (χ1) is 15.6. The number of nitrogens with one attached hydrogen (secondary N) is 2. The highest BCUT2D eigenvalue weighted by molar-refractivity contribution is 5.90. The second-order valence-electron chi connectivity index (χ2n) is 8.35. The van der Waals surface area contributed by atoms with Crippen molar-refractivity contribution in [2.45, 2.75) is 44.8 Å². The minimum atomic E-state index is -4.69. The van der Waals surface area contributed by atoms with E-state index in [2.05, 4.69) is 26.7 Å². The van der Waals surface area contributed by atoms with E-state index in [0.717, 1.165) is 49.0 Å². The lowest BCUT2D eigenvalue weighted by Gasteiger charge is -2.24. The number of non-ortho nitro benzene ring substituents is 1. The Labute approximate surface area is 188 Å². The molecule has 1 fully saturated rings. The normalized spacial score (nSPS) is 16.0. The lowest BCUT2D eigenvalue weighted by molar-refractivity contribution is -0.385. The fourth-order valence-corrected chi connectivity index (χ4v) is 4.22. The molecule has 2 aromatic carbocycles. The van der Waals surface area contributed by atoms with Crippen LogP contribution in [0.25, 0.3) is 10.9 Å². The van der Waals surface area contributed by atoms with E-state index in [1.165, 1.54) is 5.56 Å². The lowest BCUT2D eigenvalue weighted by Crippen LogP contribution is -2.26. The number of nitro benzene ring substituents is 1. The molecule has 2 heterocycles. The van der Waals surface area contributed by atoms with Gasteiger partial charge in [0.1, 0.15) is 11.6 Å². The predicted molar refractivity (Wildman–Crippen MR) is 119 cm³/mol. The molecular formula is C23H24F3N5O2. The number of hydrogen-bond acceptors (Lipinski definition) is 6. The van der Waals surface area contributed by atoms with Crippen LogP contribution < -0.4 is 10.6 Å². The SMILES string of the molecule is Cc1nc(N[C@H](C)c2cc([N+](=O)[O-])cc(C(F)(F)F)c2)c2cc(C3CCNCC3)ccc2n1. The standard InChI is InChI=1S/C23H24F3N5O2/c1-13(17-9-18(23(24,25)26)12-19(10-17)31(32)33)28-22-20-11-16(15-5-7-27-8-6-15)3-4-21(20)29-14(2)30-22/h3-4,9-13,15,27H,5-8H2,1-2H3,(H,28,29,30)/t13-/m1/s1. The maximum atomic E-state index is 13.3. The summed E-state index contributed by atoms with van der Waals surface area (Å²) >= 11 is 0. The van der Waals surface area contributed by atoms with Crippen LogP contribution in [0, 0.1) is 17.0 Å². The Hall–Kier alpha value is -3.27. The third kappa shape index (κ3) is 5.05. The van der Waals surface area contributed by atoms with Crippen molar-refractivity contribution in [1.29, 1.82) is 0 Å². The van der Waals surface area contributed by atoms with E-state index in [4.69, 9.17) is 0 Å². The first kappa shape index (κ1) is 22.9. The quantitative estimate of drug-likeness (QED) is 0.386. The van der Waals surface area contributed by atoms with Gasteiger partial charge in [0, 0.05) is 17.5 Å². The van der Waals surface area contributed by atoms with E-state index in [1.807, 2.05) is 12.1 Å². The molecule has 0 spiro atoms. The Morgan fingerprint density at radius 3 is 2.55 bits per heavy atom. The molecule has 0 unspecified atom stereocenters. The van der Waals surface area contributed by atoms with Crippen LogP contribution in [0.2, 0.25) is 0 Å². The summed E-state index contributed by atoms with van der Waals surface area (Å²) in [6.07, 6.45) is -2.65. The van der Waals surface area contributed by atoms with Crippen LogP contribution in [0.1, 0.15) is 54.2 Å². The largest absolute Gasteiger partial charge is 0.416 e. The zero-order chi connectivity index (χ0) is 23.8. The highest BCUT2D eigenvalue weighted by atomic mass is 19.4. The molecule has 1 aromatic heterocycles. The molecule has 0 aliphatic carbocycles. The fraction of sp³-hybridized carbons (Fsp3) is 0.391. The third-order valence-electron chi connectivity index (χ3n) is 5.97. The summed E-state index contributed by atoms with van der Waals surface area (Å²) in [5, 5.41) is 18.5. The van der Waals surface area contributed by atoms with Crippen molar-refractivity contribution in [3.05, 3.63) is 69.0 Å². The summed E-state index contributed by atoms with van der Waals surface area (Å²) in [5.41, 5.74) is 0.380. The Kier molecular flexibility index (Phi) is 6.20. The van der Waals surface area contributed by atoms with E-state index in [1.54, 1.807) is 13.8 Å². The molecule has 0 amide bonds. The zero-order valence-corrected chi connectivity index (χ0v) is 18.2. The molecule has 1 atom stereocenters. The number of fused-ring (bicyclic) bond motifs is 1. The van der Waals surface area contributed by atoms with Crippen molar-refractivity contribution >= 4 is 22.4 Å². The predicted octanol–water partition coefficient (Wildman–Crippen LogP) is 5.51. The molecular weight excluding hydrogens is 435 g/mol. The molecule has 1 aliphatic rings. The van der Waals surface area contributed by atoms with Gasteiger partial charge in [0.15, 0.2) is 0 Å². The van der Waals surface area contributed by atoms with E-state index < -0.39 is 28.4 Å². The molecule has 3 aromatic rings. The number of anilines is 1. The number of aromatic nitrogens is 2. The Morgan fingerprint density at radius 1 is 1.15 bits per heavy atom. The van der Waals surface area contributed by atoms with Gasteiger partial charge in [0.2, 0.25) is 0 Å². The molecule has 1 aliphatic heterocycles.